The maximum absolute atomic E-state index is 12.3. The third-order valence-corrected chi connectivity index (χ3v) is 5.47. The monoisotopic (exact) mass is 344 g/mol. The van der Waals surface area contributed by atoms with E-state index >= 15 is 0 Å². The Labute approximate surface area is 147 Å². The van der Waals surface area contributed by atoms with Gasteiger partial charge < -0.3 is 10.1 Å². The third-order valence-electron chi connectivity index (χ3n) is 4.45. The molecule has 2 aromatic rings. The Balaban J connectivity index is 1.50. The fourth-order valence-electron chi connectivity index (χ4n) is 2.99. The van der Waals surface area contributed by atoms with E-state index in [9.17, 15) is 4.79 Å². The molecule has 1 aromatic carbocycles. The van der Waals surface area contributed by atoms with Crippen molar-refractivity contribution < 1.29 is 9.53 Å². The lowest BCUT2D eigenvalue weighted by Gasteiger charge is -2.32. The SMILES string of the molecule is CCOc1ccc(C(=O)NCC(C)N2CCc3sccc3C2)cc1. The van der Waals surface area contributed by atoms with Crippen molar-refractivity contribution in [3.63, 3.8) is 0 Å². The van der Waals surface area contributed by atoms with Crippen molar-refractivity contribution in [1.29, 1.82) is 0 Å². The van der Waals surface area contributed by atoms with Gasteiger partial charge in [0.2, 0.25) is 0 Å². The average Bonchev–Trinajstić information content (AvgIpc) is 3.08. The zero-order chi connectivity index (χ0) is 16.9. The lowest BCUT2D eigenvalue weighted by atomic mass is 10.1. The molecular formula is C19H24N2O2S. The standard InChI is InChI=1S/C19H24N2O2S/c1-3-23-17-6-4-15(5-7-17)19(22)20-12-14(2)21-10-8-18-16(13-21)9-11-24-18/h4-7,9,11,14H,3,8,10,12-13H2,1-2H3,(H,20,22). The summed E-state index contributed by atoms with van der Waals surface area (Å²) in [6, 6.07) is 9.84. The van der Waals surface area contributed by atoms with E-state index in [1.165, 1.54) is 10.4 Å². The first-order valence-electron chi connectivity index (χ1n) is 8.47. The number of nitrogens with zero attached hydrogens (tertiary/aromatic N) is 1. The van der Waals surface area contributed by atoms with Gasteiger partial charge in [0.25, 0.3) is 5.91 Å². The summed E-state index contributed by atoms with van der Waals surface area (Å²) >= 11 is 1.85. The Morgan fingerprint density at radius 1 is 1.33 bits per heavy atom. The van der Waals surface area contributed by atoms with Gasteiger partial charge in [0, 0.05) is 36.1 Å². The summed E-state index contributed by atoms with van der Waals surface area (Å²) in [6.07, 6.45) is 1.12. The number of amides is 1. The highest BCUT2D eigenvalue weighted by Gasteiger charge is 2.21. The van der Waals surface area contributed by atoms with E-state index in [0.29, 0.717) is 24.8 Å². The largest absolute Gasteiger partial charge is 0.494 e. The zero-order valence-electron chi connectivity index (χ0n) is 14.2. The Hall–Kier alpha value is -1.85. The molecule has 24 heavy (non-hydrogen) atoms. The van der Waals surface area contributed by atoms with Crippen LogP contribution in [0.4, 0.5) is 0 Å². The number of nitrogens with one attached hydrogen (secondary N) is 1. The third kappa shape index (κ3) is 3.97. The number of hydrogen-bond acceptors (Lipinski definition) is 4. The molecule has 5 heteroatoms. The Bertz CT molecular complexity index is 681. The van der Waals surface area contributed by atoms with Crippen LogP contribution in [0.1, 0.15) is 34.6 Å². The predicted octanol–water partition coefficient (Wildman–Crippen LogP) is 3.32. The molecule has 1 aliphatic rings. The maximum atomic E-state index is 12.3. The summed E-state index contributed by atoms with van der Waals surface area (Å²) in [5, 5.41) is 5.22. The summed E-state index contributed by atoms with van der Waals surface area (Å²) in [5.41, 5.74) is 2.11. The number of ether oxygens (including phenoxy) is 1. The lowest BCUT2D eigenvalue weighted by molar-refractivity contribution is 0.0932. The van der Waals surface area contributed by atoms with Crippen LogP contribution in [0, 0.1) is 0 Å². The van der Waals surface area contributed by atoms with E-state index in [2.05, 4.69) is 28.6 Å². The van der Waals surface area contributed by atoms with Gasteiger partial charge in [-0.25, -0.2) is 0 Å². The summed E-state index contributed by atoms with van der Waals surface area (Å²) in [5.74, 6) is 0.764. The zero-order valence-corrected chi connectivity index (χ0v) is 15.1. The van der Waals surface area contributed by atoms with Gasteiger partial charge in [-0.3, -0.25) is 9.69 Å². The minimum Gasteiger partial charge on any atom is -0.494 e. The molecule has 1 amide bonds. The number of carbonyl (C=O) groups is 1. The first-order valence-corrected chi connectivity index (χ1v) is 9.35. The minimum atomic E-state index is -0.0295. The number of fused-ring (bicyclic) bond motifs is 1. The molecule has 2 heterocycles. The second kappa shape index (κ2) is 7.81. The van der Waals surface area contributed by atoms with Crippen LogP contribution in [-0.4, -0.2) is 36.5 Å². The van der Waals surface area contributed by atoms with Gasteiger partial charge in [-0.1, -0.05) is 0 Å². The van der Waals surface area contributed by atoms with Crippen LogP contribution in [0.5, 0.6) is 5.75 Å². The van der Waals surface area contributed by atoms with E-state index in [-0.39, 0.29) is 5.91 Å². The normalized spacial score (nSPS) is 15.6. The van der Waals surface area contributed by atoms with Crippen LogP contribution >= 0.6 is 11.3 Å². The first-order chi connectivity index (χ1) is 11.7. The van der Waals surface area contributed by atoms with Gasteiger partial charge in [-0.15, -0.1) is 11.3 Å². The van der Waals surface area contributed by atoms with Crippen molar-refractivity contribution in [2.75, 3.05) is 19.7 Å². The highest BCUT2D eigenvalue weighted by atomic mass is 32.1. The summed E-state index contributed by atoms with van der Waals surface area (Å²) in [7, 11) is 0. The van der Waals surface area contributed by atoms with Crippen LogP contribution < -0.4 is 10.1 Å². The Kier molecular flexibility index (Phi) is 5.53. The number of benzene rings is 1. The summed E-state index contributed by atoms with van der Waals surface area (Å²) < 4.78 is 5.40. The smallest absolute Gasteiger partial charge is 0.251 e. The molecule has 3 rings (SSSR count). The molecule has 1 atom stereocenters. The van der Waals surface area contributed by atoms with Gasteiger partial charge in [-0.2, -0.15) is 0 Å². The Morgan fingerprint density at radius 2 is 2.12 bits per heavy atom. The molecule has 128 valence electrons. The van der Waals surface area contributed by atoms with Gasteiger partial charge in [0.15, 0.2) is 0 Å². The van der Waals surface area contributed by atoms with Crippen molar-refractivity contribution >= 4 is 17.2 Å². The van der Waals surface area contributed by atoms with E-state index in [0.717, 1.165) is 25.3 Å². The van der Waals surface area contributed by atoms with Crippen molar-refractivity contribution in [3.05, 3.63) is 51.7 Å². The van der Waals surface area contributed by atoms with E-state index in [1.807, 2.05) is 42.5 Å². The topological polar surface area (TPSA) is 41.6 Å². The van der Waals surface area contributed by atoms with E-state index < -0.39 is 0 Å². The highest BCUT2D eigenvalue weighted by molar-refractivity contribution is 7.10. The second-order valence-corrected chi connectivity index (χ2v) is 7.11. The molecule has 1 aliphatic heterocycles. The molecule has 0 spiro atoms. The molecule has 1 unspecified atom stereocenters. The molecule has 0 saturated carbocycles. The number of thiophene rings is 1. The quantitative estimate of drug-likeness (QED) is 0.874. The molecular weight excluding hydrogens is 320 g/mol. The van der Waals surface area contributed by atoms with Crippen molar-refractivity contribution in [2.24, 2.45) is 0 Å². The maximum Gasteiger partial charge on any atom is 0.251 e. The van der Waals surface area contributed by atoms with Crippen LogP contribution in [0.2, 0.25) is 0 Å². The molecule has 0 bridgehead atoms. The van der Waals surface area contributed by atoms with Gasteiger partial charge >= 0.3 is 0 Å². The average molecular weight is 344 g/mol. The summed E-state index contributed by atoms with van der Waals surface area (Å²) in [6.45, 7) is 7.46. The van der Waals surface area contributed by atoms with Crippen LogP contribution in [0.15, 0.2) is 35.7 Å². The Morgan fingerprint density at radius 3 is 2.88 bits per heavy atom. The predicted molar refractivity (Wildman–Crippen MR) is 97.8 cm³/mol. The van der Waals surface area contributed by atoms with Crippen molar-refractivity contribution in [2.45, 2.75) is 32.9 Å². The van der Waals surface area contributed by atoms with Crippen LogP contribution in [0.25, 0.3) is 0 Å². The van der Waals surface area contributed by atoms with Crippen LogP contribution in [0.3, 0.4) is 0 Å². The van der Waals surface area contributed by atoms with Gasteiger partial charge in [0.05, 0.1) is 6.61 Å². The molecule has 4 nitrogen and oxygen atoms in total. The molecule has 0 saturated heterocycles. The second-order valence-electron chi connectivity index (χ2n) is 6.11. The fraction of sp³-hybridized carbons (Fsp3) is 0.421. The van der Waals surface area contributed by atoms with Crippen molar-refractivity contribution in [3.8, 4) is 5.75 Å². The fourth-order valence-corrected chi connectivity index (χ4v) is 3.88. The molecule has 0 fully saturated rings. The lowest BCUT2D eigenvalue weighted by Crippen LogP contribution is -2.44. The van der Waals surface area contributed by atoms with Crippen LogP contribution in [-0.2, 0) is 13.0 Å². The number of carbonyl (C=O) groups excluding carboxylic acids is 1. The number of hydrogen-bond donors (Lipinski definition) is 1. The minimum absolute atomic E-state index is 0.0295. The molecule has 1 aromatic heterocycles. The summed E-state index contributed by atoms with van der Waals surface area (Å²) in [4.78, 5) is 16.2. The highest BCUT2D eigenvalue weighted by Crippen LogP contribution is 2.25. The molecule has 0 radical (unpaired) electrons. The number of rotatable bonds is 6. The van der Waals surface area contributed by atoms with Crippen molar-refractivity contribution in [1.82, 2.24) is 10.2 Å². The van der Waals surface area contributed by atoms with E-state index in [4.69, 9.17) is 4.74 Å². The molecule has 0 aliphatic carbocycles. The van der Waals surface area contributed by atoms with Gasteiger partial charge in [0.1, 0.15) is 5.75 Å². The van der Waals surface area contributed by atoms with E-state index in [1.54, 1.807) is 0 Å². The van der Waals surface area contributed by atoms with Gasteiger partial charge in [-0.05, 0) is 61.5 Å². The molecule has 1 N–H and O–H groups in total. The first kappa shape index (κ1) is 17.0.